The maximum absolute atomic E-state index is 13.0. The lowest BCUT2D eigenvalue weighted by Gasteiger charge is -2.55. The van der Waals surface area contributed by atoms with Crippen molar-refractivity contribution in [3.63, 3.8) is 0 Å². The van der Waals surface area contributed by atoms with E-state index in [1.165, 1.54) is 0 Å². The van der Waals surface area contributed by atoms with Gasteiger partial charge in [-0.15, -0.1) is 0 Å². The molecule has 2 heterocycles. The van der Waals surface area contributed by atoms with E-state index in [2.05, 4.69) is 10.3 Å². The van der Waals surface area contributed by atoms with Crippen LogP contribution in [0.25, 0.3) is 0 Å². The molecule has 2 fully saturated rings. The van der Waals surface area contributed by atoms with Crippen LogP contribution in [0.1, 0.15) is 29.9 Å². The van der Waals surface area contributed by atoms with Crippen molar-refractivity contribution < 1.29 is 14.7 Å². The number of benzene rings is 1. The van der Waals surface area contributed by atoms with Crippen LogP contribution < -0.4 is 5.32 Å². The number of hydrogen-bond acceptors (Lipinski definition) is 4. The number of carbonyl (C=O) groups excluding carboxylic acids is 2. The highest BCUT2D eigenvalue weighted by atomic mass is 16.3. The van der Waals surface area contributed by atoms with Crippen LogP contribution in [0, 0.1) is 5.92 Å². The van der Waals surface area contributed by atoms with Crippen molar-refractivity contribution in [1.82, 2.24) is 15.2 Å². The molecule has 146 valence electrons. The Morgan fingerprint density at radius 3 is 2.54 bits per heavy atom. The quantitative estimate of drug-likeness (QED) is 0.764. The fraction of sp³-hybridized carbons (Fsp3) is 0.409. The van der Waals surface area contributed by atoms with Gasteiger partial charge in [-0.25, -0.2) is 0 Å². The monoisotopic (exact) mass is 379 g/mol. The Morgan fingerprint density at radius 2 is 1.89 bits per heavy atom. The second kappa shape index (κ2) is 8.10. The van der Waals surface area contributed by atoms with Gasteiger partial charge in [-0.3, -0.25) is 14.6 Å². The van der Waals surface area contributed by atoms with E-state index in [-0.39, 0.29) is 48.8 Å². The summed E-state index contributed by atoms with van der Waals surface area (Å²) in [6, 6.07) is 13.1. The number of hydrogen-bond donors (Lipinski definition) is 2. The normalized spacial score (nSPS) is 23.8. The summed E-state index contributed by atoms with van der Waals surface area (Å²) in [4.78, 5) is 31.0. The number of pyridine rings is 1. The van der Waals surface area contributed by atoms with Crippen LogP contribution in [0.2, 0.25) is 0 Å². The molecule has 2 N–H and O–H groups in total. The van der Waals surface area contributed by atoms with E-state index in [0.717, 1.165) is 24.0 Å². The summed E-state index contributed by atoms with van der Waals surface area (Å²) in [6.07, 6.45) is 5.49. The van der Waals surface area contributed by atoms with Crippen LogP contribution in [0.4, 0.5) is 0 Å². The Kier molecular flexibility index (Phi) is 5.39. The van der Waals surface area contributed by atoms with Gasteiger partial charge in [-0.05, 0) is 30.0 Å². The van der Waals surface area contributed by atoms with Crippen LogP contribution >= 0.6 is 0 Å². The molecule has 2 aliphatic rings. The number of nitrogens with zero attached hydrogens (tertiary/aromatic N) is 2. The molecule has 1 saturated heterocycles. The summed E-state index contributed by atoms with van der Waals surface area (Å²) < 4.78 is 0. The Labute approximate surface area is 164 Å². The fourth-order valence-corrected chi connectivity index (χ4v) is 4.13. The van der Waals surface area contributed by atoms with Crippen LogP contribution in [0.5, 0.6) is 0 Å². The van der Waals surface area contributed by atoms with Crippen molar-refractivity contribution in [3.8, 4) is 0 Å². The van der Waals surface area contributed by atoms with E-state index in [1.54, 1.807) is 17.3 Å². The minimum Gasteiger partial charge on any atom is -0.394 e. The van der Waals surface area contributed by atoms with E-state index in [4.69, 9.17) is 0 Å². The number of aliphatic hydroxyl groups is 1. The zero-order chi connectivity index (χ0) is 19.5. The molecule has 28 heavy (non-hydrogen) atoms. The minimum absolute atomic E-state index is 0.00329. The van der Waals surface area contributed by atoms with E-state index >= 15 is 0 Å². The van der Waals surface area contributed by atoms with Crippen LogP contribution in [-0.4, -0.2) is 52.0 Å². The SMILES string of the molecule is O=C(NC[C@@H]1[C@@H](c2ccccc2)[C@H](CO)N1C(=O)Cc1cccnc1)C1CC1. The Balaban J connectivity index is 1.53. The predicted octanol–water partition coefficient (Wildman–Crippen LogP) is 1.51. The van der Waals surface area contributed by atoms with E-state index in [0.29, 0.717) is 6.54 Å². The summed E-state index contributed by atoms with van der Waals surface area (Å²) in [5.41, 5.74) is 1.92. The molecule has 0 radical (unpaired) electrons. The lowest BCUT2D eigenvalue weighted by Crippen LogP contribution is -2.68. The van der Waals surface area contributed by atoms with Crippen molar-refractivity contribution in [3.05, 3.63) is 66.0 Å². The molecule has 0 bridgehead atoms. The van der Waals surface area contributed by atoms with Gasteiger partial charge in [0.05, 0.1) is 25.1 Å². The third kappa shape index (κ3) is 3.78. The molecule has 1 aliphatic carbocycles. The van der Waals surface area contributed by atoms with Gasteiger partial charge in [0.1, 0.15) is 0 Å². The van der Waals surface area contributed by atoms with E-state index in [9.17, 15) is 14.7 Å². The van der Waals surface area contributed by atoms with Gasteiger partial charge >= 0.3 is 0 Å². The maximum atomic E-state index is 13.0. The molecule has 4 rings (SSSR count). The number of nitrogens with one attached hydrogen (secondary N) is 1. The molecule has 6 nitrogen and oxygen atoms in total. The highest BCUT2D eigenvalue weighted by molar-refractivity contribution is 5.82. The second-order valence-electron chi connectivity index (χ2n) is 7.61. The molecule has 2 aromatic rings. The molecule has 1 saturated carbocycles. The van der Waals surface area contributed by atoms with Gasteiger partial charge < -0.3 is 15.3 Å². The van der Waals surface area contributed by atoms with E-state index < -0.39 is 0 Å². The second-order valence-corrected chi connectivity index (χ2v) is 7.61. The zero-order valence-electron chi connectivity index (χ0n) is 15.7. The molecule has 1 aromatic heterocycles. The lowest BCUT2D eigenvalue weighted by atomic mass is 9.74. The molecule has 0 spiro atoms. The molecule has 2 amide bonds. The number of rotatable bonds is 7. The topological polar surface area (TPSA) is 82.5 Å². The molecule has 0 unspecified atom stereocenters. The first-order valence-corrected chi connectivity index (χ1v) is 9.82. The van der Waals surface area contributed by atoms with Crippen LogP contribution in [0.3, 0.4) is 0 Å². The summed E-state index contributed by atoms with van der Waals surface area (Å²) in [7, 11) is 0. The standard InChI is InChI=1S/C22H25N3O3/c26-14-19-21(16-6-2-1-3-7-16)18(13-24-22(28)17-8-9-17)25(19)20(27)11-15-5-4-10-23-12-15/h1-7,10,12,17-19,21,26H,8-9,11,13-14H2,(H,24,28)/t18-,19+,21-/m1/s1. The molecular formula is C22H25N3O3. The molecule has 6 heteroatoms. The average molecular weight is 379 g/mol. The first-order chi connectivity index (χ1) is 13.7. The summed E-state index contributed by atoms with van der Waals surface area (Å²) >= 11 is 0. The van der Waals surface area contributed by atoms with Gasteiger partial charge in [0.25, 0.3) is 0 Å². The molecular weight excluding hydrogens is 354 g/mol. The highest BCUT2D eigenvalue weighted by Gasteiger charge is 2.51. The van der Waals surface area contributed by atoms with Crippen molar-refractivity contribution in [2.24, 2.45) is 5.92 Å². The smallest absolute Gasteiger partial charge is 0.227 e. The average Bonchev–Trinajstić information content (AvgIpc) is 3.54. The third-order valence-electron chi connectivity index (χ3n) is 5.71. The largest absolute Gasteiger partial charge is 0.394 e. The highest BCUT2D eigenvalue weighted by Crippen LogP contribution is 2.41. The minimum atomic E-state index is -0.283. The number of aromatic nitrogens is 1. The van der Waals surface area contributed by atoms with Crippen molar-refractivity contribution in [2.45, 2.75) is 37.3 Å². The Morgan fingerprint density at radius 1 is 1.11 bits per heavy atom. The van der Waals surface area contributed by atoms with E-state index in [1.807, 2.05) is 42.5 Å². The number of likely N-dealkylation sites (tertiary alicyclic amines) is 1. The summed E-state index contributed by atoms with van der Waals surface area (Å²) in [6.45, 7) is 0.301. The zero-order valence-corrected chi connectivity index (χ0v) is 15.7. The van der Waals surface area contributed by atoms with Crippen molar-refractivity contribution in [1.29, 1.82) is 0 Å². The van der Waals surface area contributed by atoms with Gasteiger partial charge in [0.15, 0.2) is 0 Å². The number of carbonyl (C=O) groups is 2. The number of aliphatic hydroxyl groups excluding tert-OH is 1. The van der Waals surface area contributed by atoms with Gasteiger partial charge in [0, 0.05) is 30.8 Å². The van der Waals surface area contributed by atoms with Crippen LogP contribution in [-0.2, 0) is 16.0 Å². The molecule has 1 aromatic carbocycles. The van der Waals surface area contributed by atoms with Gasteiger partial charge in [-0.2, -0.15) is 0 Å². The van der Waals surface area contributed by atoms with Crippen molar-refractivity contribution >= 4 is 11.8 Å². The van der Waals surface area contributed by atoms with Gasteiger partial charge in [0.2, 0.25) is 11.8 Å². The van der Waals surface area contributed by atoms with Crippen LogP contribution in [0.15, 0.2) is 54.9 Å². The first-order valence-electron chi connectivity index (χ1n) is 9.82. The summed E-state index contributed by atoms with van der Waals surface area (Å²) in [5, 5.41) is 13.0. The number of amides is 2. The van der Waals surface area contributed by atoms with Crippen molar-refractivity contribution in [2.75, 3.05) is 13.2 Å². The molecule has 3 atom stereocenters. The fourth-order valence-electron chi connectivity index (χ4n) is 4.13. The molecule has 1 aliphatic heterocycles. The summed E-state index contributed by atoms with van der Waals surface area (Å²) in [5.74, 6) is 0.149. The maximum Gasteiger partial charge on any atom is 0.227 e. The Hall–Kier alpha value is -2.73. The lowest BCUT2D eigenvalue weighted by molar-refractivity contribution is -0.150. The first kappa shape index (κ1) is 18.6. The Bertz CT molecular complexity index is 823. The third-order valence-corrected chi connectivity index (χ3v) is 5.71. The predicted molar refractivity (Wildman–Crippen MR) is 104 cm³/mol. The van der Waals surface area contributed by atoms with Gasteiger partial charge in [-0.1, -0.05) is 36.4 Å².